The molecular formula is C26H30N2O5. The molecule has 0 bridgehead atoms. The minimum absolute atomic E-state index is 0.0147. The zero-order valence-corrected chi connectivity index (χ0v) is 18.7. The van der Waals surface area contributed by atoms with Crippen LogP contribution in [0.15, 0.2) is 72.8 Å². The topological polar surface area (TPSA) is 105 Å². The summed E-state index contributed by atoms with van der Waals surface area (Å²) in [6, 6.07) is 22.1. The summed E-state index contributed by atoms with van der Waals surface area (Å²) in [6.07, 6.45) is -0.129. The van der Waals surface area contributed by atoms with Gasteiger partial charge in [-0.3, -0.25) is 9.69 Å². The van der Waals surface area contributed by atoms with E-state index in [0.29, 0.717) is 38.4 Å². The fraction of sp³-hybridized carbons (Fsp3) is 0.269. The van der Waals surface area contributed by atoms with E-state index in [9.17, 15) is 15.0 Å². The van der Waals surface area contributed by atoms with Gasteiger partial charge >= 0.3 is 0 Å². The van der Waals surface area contributed by atoms with E-state index in [2.05, 4.69) is 4.90 Å². The predicted molar refractivity (Wildman–Crippen MR) is 127 cm³/mol. The molecule has 0 spiro atoms. The first-order valence-electron chi connectivity index (χ1n) is 10.8. The average molecular weight is 451 g/mol. The van der Waals surface area contributed by atoms with Gasteiger partial charge in [0.2, 0.25) is 0 Å². The maximum Gasteiger partial charge on any atom is 0.252 e. The van der Waals surface area contributed by atoms with E-state index in [-0.39, 0.29) is 11.3 Å². The third-order valence-electron chi connectivity index (χ3n) is 5.28. The molecule has 0 heterocycles. The van der Waals surface area contributed by atoms with E-state index in [0.717, 1.165) is 16.9 Å². The van der Waals surface area contributed by atoms with Crippen LogP contribution in [0, 0.1) is 0 Å². The summed E-state index contributed by atoms with van der Waals surface area (Å²) in [5, 5.41) is 20.5. The van der Waals surface area contributed by atoms with Gasteiger partial charge in [0.1, 0.15) is 23.9 Å². The van der Waals surface area contributed by atoms with E-state index in [1.807, 2.05) is 54.6 Å². The average Bonchev–Trinajstić information content (AvgIpc) is 2.81. The van der Waals surface area contributed by atoms with Crippen LogP contribution in [0.5, 0.6) is 17.2 Å². The Hall–Kier alpha value is -3.55. The highest BCUT2D eigenvalue weighted by Crippen LogP contribution is 2.23. The number of primary amides is 1. The first-order valence-corrected chi connectivity index (χ1v) is 10.8. The van der Waals surface area contributed by atoms with Crippen LogP contribution in [0.25, 0.3) is 0 Å². The molecule has 4 N–H and O–H groups in total. The van der Waals surface area contributed by atoms with Crippen LogP contribution in [-0.4, -0.2) is 53.9 Å². The highest BCUT2D eigenvalue weighted by atomic mass is 16.5. The molecule has 0 aliphatic carbocycles. The summed E-state index contributed by atoms with van der Waals surface area (Å²) >= 11 is 0. The van der Waals surface area contributed by atoms with Crippen LogP contribution in [0.3, 0.4) is 0 Å². The Morgan fingerprint density at radius 3 is 2.52 bits per heavy atom. The molecule has 7 nitrogen and oxygen atoms in total. The Morgan fingerprint density at radius 2 is 1.79 bits per heavy atom. The molecule has 7 heteroatoms. The number of aliphatic hydroxyl groups is 1. The number of nitrogens with two attached hydrogens (primary N) is 1. The van der Waals surface area contributed by atoms with E-state index in [1.54, 1.807) is 13.2 Å². The number of hydrogen-bond donors (Lipinski definition) is 3. The first kappa shape index (κ1) is 24.1. The highest BCUT2D eigenvalue weighted by Gasteiger charge is 2.16. The van der Waals surface area contributed by atoms with Gasteiger partial charge in [-0.15, -0.1) is 0 Å². The number of phenols is 1. The van der Waals surface area contributed by atoms with Crippen molar-refractivity contribution >= 4 is 5.91 Å². The molecule has 3 rings (SSSR count). The second-order valence-electron chi connectivity index (χ2n) is 7.78. The number of hydrogen-bond acceptors (Lipinski definition) is 6. The van der Waals surface area contributed by atoms with Crippen molar-refractivity contribution < 1.29 is 24.5 Å². The third-order valence-corrected chi connectivity index (χ3v) is 5.28. The van der Waals surface area contributed by atoms with Gasteiger partial charge in [-0.2, -0.15) is 0 Å². The molecule has 174 valence electrons. The van der Waals surface area contributed by atoms with Gasteiger partial charge in [0.25, 0.3) is 5.91 Å². The van der Waals surface area contributed by atoms with Crippen LogP contribution in [0.1, 0.15) is 21.5 Å². The fourth-order valence-corrected chi connectivity index (χ4v) is 3.66. The second kappa shape index (κ2) is 11.9. The molecule has 0 radical (unpaired) electrons. The van der Waals surface area contributed by atoms with Crippen LogP contribution in [-0.2, 0) is 13.0 Å². The molecule has 3 aromatic rings. The molecule has 0 aliphatic rings. The number of benzene rings is 3. The molecule has 0 saturated heterocycles. The summed E-state index contributed by atoms with van der Waals surface area (Å²) in [5.74, 6) is 0.297. The standard InChI is InChI=1S/C26H30N2O5/c1-32-25-10-6-5-9-20(25)15-21(29)18-28(17-19-7-3-2-4-8-19)13-14-33-22-11-12-24(30)23(16-22)26(27)31/h2-12,16,21,29-30H,13-15,17-18H2,1H3,(H2,27,31). The minimum atomic E-state index is -0.719. The lowest BCUT2D eigenvalue weighted by molar-refractivity contribution is 0.0972. The van der Waals surface area contributed by atoms with Crippen molar-refractivity contribution in [2.45, 2.75) is 19.1 Å². The van der Waals surface area contributed by atoms with Crippen molar-refractivity contribution in [3.8, 4) is 17.2 Å². The van der Waals surface area contributed by atoms with Gasteiger partial charge in [0.05, 0.1) is 18.8 Å². The zero-order valence-electron chi connectivity index (χ0n) is 18.7. The van der Waals surface area contributed by atoms with Crippen molar-refractivity contribution in [1.82, 2.24) is 4.90 Å². The molecular weight excluding hydrogens is 420 g/mol. The van der Waals surface area contributed by atoms with Crippen molar-refractivity contribution in [2.24, 2.45) is 5.73 Å². The number of rotatable bonds is 12. The van der Waals surface area contributed by atoms with E-state index >= 15 is 0 Å². The Morgan fingerprint density at radius 1 is 1.06 bits per heavy atom. The van der Waals surface area contributed by atoms with Gasteiger partial charge in [0, 0.05) is 26.1 Å². The summed E-state index contributed by atoms with van der Waals surface area (Å²) < 4.78 is 11.2. The van der Waals surface area contributed by atoms with Crippen LogP contribution in [0.2, 0.25) is 0 Å². The molecule has 1 atom stereocenters. The number of amides is 1. The zero-order chi connectivity index (χ0) is 23.6. The molecule has 0 aromatic heterocycles. The Bertz CT molecular complexity index is 1040. The monoisotopic (exact) mass is 450 g/mol. The largest absolute Gasteiger partial charge is 0.507 e. The number of nitrogens with zero attached hydrogens (tertiary/aromatic N) is 1. The van der Waals surface area contributed by atoms with Crippen molar-refractivity contribution in [2.75, 3.05) is 26.8 Å². The number of carbonyl (C=O) groups excluding carboxylic acids is 1. The number of aromatic hydroxyl groups is 1. The second-order valence-corrected chi connectivity index (χ2v) is 7.78. The van der Waals surface area contributed by atoms with Crippen molar-refractivity contribution in [3.63, 3.8) is 0 Å². The van der Waals surface area contributed by atoms with E-state index < -0.39 is 12.0 Å². The van der Waals surface area contributed by atoms with Crippen molar-refractivity contribution in [1.29, 1.82) is 0 Å². The van der Waals surface area contributed by atoms with Crippen LogP contribution < -0.4 is 15.2 Å². The first-order chi connectivity index (χ1) is 16.0. The number of aliphatic hydroxyl groups excluding tert-OH is 1. The van der Waals surface area contributed by atoms with E-state index in [1.165, 1.54) is 12.1 Å². The third kappa shape index (κ3) is 7.24. The number of carbonyl (C=O) groups is 1. The maximum absolute atomic E-state index is 11.4. The lowest BCUT2D eigenvalue weighted by Gasteiger charge is -2.25. The van der Waals surface area contributed by atoms with Gasteiger partial charge in [-0.1, -0.05) is 48.5 Å². The van der Waals surface area contributed by atoms with Gasteiger partial charge in [0.15, 0.2) is 0 Å². The molecule has 3 aromatic carbocycles. The van der Waals surface area contributed by atoms with Gasteiger partial charge in [-0.05, 0) is 35.4 Å². The van der Waals surface area contributed by atoms with Gasteiger partial charge in [-0.25, -0.2) is 0 Å². The fourth-order valence-electron chi connectivity index (χ4n) is 3.66. The number of para-hydroxylation sites is 1. The predicted octanol–water partition coefficient (Wildman–Crippen LogP) is 2.98. The minimum Gasteiger partial charge on any atom is -0.507 e. The lowest BCUT2D eigenvalue weighted by atomic mass is 10.1. The maximum atomic E-state index is 11.4. The highest BCUT2D eigenvalue weighted by molar-refractivity contribution is 5.95. The summed E-state index contributed by atoms with van der Waals surface area (Å²) in [7, 11) is 1.62. The lowest BCUT2D eigenvalue weighted by Crippen LogP contribution is -2.36. The molecule has 0 aliphatic heterocycles. The molecule has 0 saturated carbocycles. The quantitative estimate of drug-likeness (QED) is 0.392. The van der Waals surface area contributed by atoms with Crippen LogP contribution in [0.4, 0.5) is 0 Å². The number of ether oxygens (including phenoxy) is 2. The Labute approximate surface area is 194 Å². The smallest absolute Gasteiger partial charge is 0.252 e. The van der Waals surface area contributed by atoms with Crippen molar-refractivity contribution in [3.05, 3.63) is 89.5 Å². The Kier molecular flexibility index (Phi) is 8.69. The molecule has 1 amide bonds. The van der Waals surface area contributed by atoms with Gasteiger partial charge < -0.3 is 25.4 Å². The van der Waals surface area contributed by atoms with Crippen LogP contribution >= 0.6 is 0 Å². The van der Waals surface area contributed by atoms with E-state index in [4.69, 9.17) is 15.2 Å². The molecule has 0 fully saturated rings. The SMILES string of the molecule is COc1ccccc1CC(O)CN(CCOc1ccc(O)c(C(N)=O)c1)Cc1ccccc1. The molecule has 1 unspecified atom stereocenters. The normalized spacial score (nSPS) is 11.8. The number of methoxy groups -OCH3 is 1. The Balaban J connectivity index is 1.64. The summed E-state index contributed by atoms with van der Waals surface area (Å²) in [6.45, 7) is 1.97. The summed E-state index contributed by atoms with van der Waals surface area (Å²) in [4.78, 5) is 13.6. The summed E-state index contributed by atoms with van der Waals surface area (Å²) in [5.41, 5.74) is 7.38. The molecule has 33 heavy (non-hydrogen) atoms.